The van der Waals surface area contributed by atoms with Crippen molar-refractivity contribution >= 4 is 18.3 Å². The molecule has 2 aliphatic rings. The summed E-state index contributed by atoms with van der Waals surface area (Å²) in [6.45, 7) is 3.07. The second kappa shape index (κ2) is 9.40. The summed E-state index contributed by atoms with van der Waals surface area (Å²) in [5.74, 6) is 0.382. The van der Waals surface area contributed by atoms with Crippen molar-refractivity contribution in [1.82, 2.24) is 4.90 Å². The van der Waals surface area contributed by atoms with Gasteiger partial charge >= 0.3 is 0 Å². The van der Waals surface area contributed by atoms with Crippen LogP contribution in [0.4, 0.5) is 0 Å². The molecule has 1 unspecified atom stereocenters. The van der Waals surface area contributed by atoms with Crippen LogP contribution in [0.25, 0.3) is 0 Å². The van der Waals surface area contributed by atoms with Crippen LogP contribution in [0, 0.1) is 0 Å². The van der Waals surface area contributed by atoms with Crippen LogP contribution in [0.2, 0.25) is 0 Å². The number of halogens is 1. The second-order valence-corrected chi connectivity index (χ2v) is 6.68. The summed E-state index contributed by atoms with van der Waals surface area (Å²) in [7, 11) is 0. The molecule has 0 aromatic heterocycles. The van der Waals surface area contributed by atoms with Gasteiger partial charge in [-0.25, -0.2) is 0 Å². The van der Waals surface area contributed by atoms with Gasteiger partial charge in [-0.2, -0.15) is 0 Å². The van der Waals surface area contributed by atoms with Gasteiger partial charge in [0.2, 0.25) is 5.91 Å². The molecule has 24 heavy (non-hydrogen) atoms. The normalized spacial score (nSPS) is 21.0. The van der Waals surface area contributed by atoms with Crippen LogP contribution in [-0.2, 0) is 16.0 Å². The lowest BCUT2D eigenvalue weighted by atomic mass is 9.82. The molecule has 2 N–H and O–H groups in total. The van der Waals surface area contributed by atoms with Crippen molar-refractivity contribution in [2.24, 2.45) is 5.73 Å². The van der Waals surface area contributed by atoms with Crippen molar-refractivity contribution in [3.8, 4) is 0 Å². The molecule has 134 valence electrons. The van der Waals surface area contributed by atoms with Crippen molar-refractivity contribution in [3.05, 3.63) is 35.4 Å². The number of nitrogens with zero attached hydrogens (tertiary/aromatic N) is 1. The van der Waals surface area contributed by atoms with Gasteiger partial charge in [0, 0.05) is 19.7 Å². The molecule has 1 aliphatic heterocycles. The van der Waals surface area contributed by atoms with Crippen LogP contribution in [-0.4, -0.2) is 43.2 Å². The second-order valence-electron chi connectivity index (χ2n) is 6.68. The average molecular weight is 353 g/mol. The Hall–Kier alpha value is -1.10. The predicted octanol–water partition coefficient (Wildman–Crippen LogP) is 2.88. The van der Waals surface area contributed by atoms with Gasteiger partial charge in [0.15, 0.2) is 0 Å². The number of carbonyl (C=O) groups is 1. The van der Waals surface area contributed by atoms with Crippen molar-refractivity contribution < 1.29 is 9.53 Å². The molecule has 4 nitrogen and oxygen atoms in total. The number of carbonyl (C=O) groups excluding carboxylic acids is 1. The fourth-order valence-corrected chi connectivity index (χ4v) is 3.81. The third kappa shape index (κ3) is 4.50. The number of ether oxygens (including phenoxy) is 1. The SMILES string of the molecule is Cl.NCCCOC1CCN(C(=O)C2CCCc3ccccc32)CC1. The largest absolute Gasteiger partial charge is 0.378 e. The van der Waals surface area contributed by atoms with E-state index in [0.717, 1.165) is 58.2 Å². The first kappa shape index (κ1) is 19.2. The number of hydrogen-bond acceptors (Lipinski definition) is 3. The molecule has 1 atom stereocenters. The van der Waals surface area contributed by atoms with Crippen molar-refractivity contribution in [2.75, 3.05) is 26.2 Å². The van der Waals surface area contributed by atoms with Gasteiger partial charge in [0.25, 0.3) is 0 Å². The molecule has 0 bridgehead atoms. The molecule has 5 heteroatoms. The maximum Gasteiger partial charge on any atom is 0.230 e. The Kier molecular flexibility index (Phi) is 7.53. The van der Waals surface area contributed by atoms with Gasteiger partial charge in [-0.05, 0) is 56.2 Å². The molecule has 3 rings (SSSR count). The number of amides is 1. The Morgan fingerprint density at radius 1 is 1.21 bits per heavy atom. The van der Waals surface area contributed by atoms with Crippen LogP contribution in [0.3, 0.4) is 0 Å². The molecule has 1 aliphatic carbocycles. The van der Waals surface area contributed by atoms with Crippen molar-refractivity contribution in [3.63, 3.8) is 0 Å². The van der Waals surface area contributed by atoms with E-state index in [1.54, 1.807) is 0 Å². The molecule has 0 saturated carbocycles. The van der Waals surface area contributed by atoms with Gasteiger partial charge in [-0.1, -0.05) is 24.3 Å². The molecule has 1 amide bonds. The molecule has 1 aromatic carbocycles. The van der Waals surface area contributed by atoms with E-state index in [1.165, 1.54) is 11.1 Å². The van der Waals surface area contributed by atoms with E-state index in [-0.39, 0.29) is 18.3 Å². The first-order chi connectivity index (χ1) is 11.3. The first-order valence-corrected chi connectivity index (χ1v) is 8.98. The van der Waals surface area contributed by atoms with E-state index in [9.17, 15) is 4.79 Å². The molecule has 1 fully saturated rings. The summed E-state index contributed by atoms with van der Waals surface area (Å²) in [4.78, 5) is 15.0. The molecule has 0 spiro atoms. The van der Waals surface area contributed by atoms with E-state index in [0.29, 0.717) is 18.6 Å². The zero-order valence-corrected chi connectivity index (χ0v) is 15.1. The smallest absolute Gasteiger partial charge is 0.230 e. The fourth-order valence-electron chi connectivity index (χ4n) is 3.81. The summed E-state index contributed by atoms with van der Waals surface area (Å²) in [5.41, 5.74) is 8.11. The quantitative estimate of drug-likeness (QED) is 0.829. The van der Waals surface area contributed by atoms with Crippen molar-refractivity contribution in [1.29, 1.82) is 0 Å². The monoisotopic (exact) mass is 352 g/mol. The van der Waals surface area contributed by atoms with Crippen molar-refractivity contribution in [2.45, 2.75) is 50.5 Å². The number of benzene rings is 1. The van der Waals surface area contributed by atoms with E-state index in [2.05, 4.69) is 29.2 Å². The highest BCUT2D eigenvalue weighted by molar-refractivity contribution is 5.85. The number of likely N-dealkylation sites (tertiary alicyclic amines) is 1. The molecule has 1 saturated heterocycles. The first-order valence-electron chi connectivity index (χ1n) is 8.98. The Morgan fingerprint density at radius 2 is 1.96 bits per heavy atom. The Balaban J connectivity index is 0.00000208. The maximum atomic E-state index is 13.0. The van der Waals surface area contributed by atoms with Crippen LogP contribution >= 0.6 is 12.4 Å². The highest BCUT2D eigenvalue weighted by Gasteiger charge is 2.31. The minimum atomic E-state index is 0. The number of rotatable bonds is 5. The minimum Gasteiger partial charge on any atom is -0.378 e. The number of piperidine rings is 1. The van der Waals surface area contributed by atoms with Gasteiger partial charge in [-0.3, -0.25) is 4.79 Å². The molecule has 0 radical (unpaired) electrons. The number of nitrogens with two attached hydrogens (primary N) is 1. The van der Waals surface area contributed by atoms with E-state index in [1.807, 2.05) is 0 Å². The zero-order chi connectivity index (χ0) is 16.1. The van der Waals surface area contributed by atoms with Crippen LogP contribution in [0.15, 0.2) is 24.3 Å². The van der Waals surface area contributed by atoms with E-state index >= 15 is 0 Å². The summed E-state index contributed by atoms with van der Waals surface area (Å²) in [6, 6.07) is 8.45. The third-order valence-corrected chi connectivity index (χ3v) is 5.12. The van der Waals surface area contributed by atoms with Gasteiger partial charge in [0.1, 0.15) is 0 Å². The number of fused-ring (bicyclic) bond motifs is 1. The van der Waals surface area contributed by atoms with Gasteiger partial charge in [0.05, 0.1) is 12.0 Å². The summed E-state index contributed by atoms with van der Waals surface area (Å²) in [6.07, 6.45) is 6.32. The summed E-state index contributed by atoms with van der Waals surface area (Å²) < 4.78 is 5.84. The molecular weight excluding hydrogens is 324 g/mol. The highest BCUT2D eigenvalue weighted by atomic mass is 35.5. The molecule has 1 aromatic rings. The van der Waals surface area contributed by atoms with E-state index < -0.39 is 0 Å². The van der Waals surface area contributed by atoms with Crippen LogP contribution in [0.1, 0.15) is 49.1 Å². The lowest BCUT2D eigenvalue weighted by molar-refractivity contribution is -0.135. The van der Waals surface area contributed by atoms with Gasteiger partial charge in [-0.15, -0.1) is 12.4 Å². The standard InChI is InChI=1S/C19H28N2O2.ClH/c20-11-4-14-23-16-9-12-21(13-10-16)19(22)18-8-3-6-15-5-1-2-7-17(15)18;/h1-2,5,7,16,18H,3-4,6,8-14,20H2;1H. The fraction of sp³-hybridized carbons (Fsp3) is 0.632. The maximum absolute atomic E-state index is 13.0. The Bertz CT molecular complexity index is 530. The average Bonchev–Trinajstić information content (AvgIpc) is 2.61. The van der Waals surface area contributed by atoms with E-state index in [4.69, 9.17) is 10.5 Å². The zero-order valence-electron chi connectivity index (χ0n) is 14.3. The van der Waals surface area contributed by atoms with Crippen LogP contribution < -0.4 is 5.73 Å². The predicted molar refractivity (Wildman–Crippen MR) is 98.6 cm³/mol. The Morgan fingerprint density at radius 3 is 2.71 bits per heavy atom. The van der Waals surface area contributed by atoms with Gasteiger partial charge < -0.3 is 15.4 Å². The Labute approximate surface area is 151 Å². The lowest BCUT2D eigenvalue weighted by Gasteiger charge is -2.35. The third-order valence-electron chi connectivity index (χ3n) is 5.12. The molecule has 1 heterocycles. The topological polar surface area (TPSA) is 55.6 Å². The number of aryl methyl sites for hydroxylation is 1. The lowest BCUT2D eigenvalue weighted by Crippen LogP contribution is -2.43. The summed E-state index contributed by atoms with van der Waals surface area (Å²) >= 11 is 0. The molecular formula is C19H29ClN2O2. The van der Waals surface area contributed by atoms with Crippen LogP contribution in [0.5, 0.6) is 0 Å². The minimum absolute atomic E-state index is 0. The summed E-state index contributed by atoms with van der Waals surface area (Å²) in [5, 5.41) is 0. The number of hydrogen-bond donors (Lipinski definition) is 1. The highest BCUT2D eigenvalue weighted by Crippen LogP contribution is 2.33.